The molecule has 0 aliphatic carbocycles. The molecule has 0 aliphatic rings. The van der Waals surface area contributed by atoms with Crippen molar-refractivity contribution in [1.82, 2.24) is 9.97 Å². The highest BCUT2D eigenvalue weighted by molar-refractivity contribution is 6.07. The lowest BCUT2D eigenvalue weighted by Crippen LogP contribution is -2.24. The van der Waals surface area contributed by atoms with Gasteiger partial charge in [0.25, 0.3) is 5.91 Å². The summed E-state index contributed by atoms with van der Waals surface area (Å²) in [5, 5.41) is 4.09. The second-order valence-corrected chi connectivity index (χ2v) is 8.23. The number of nitrogens with one attached hydrogen (secondary N) is 3. The van der Waals surface area contributed by atoms with Crippen LogP contribution >= 0.6 is 0 Å². The van der Waals surface area contributed by atoms with Gasteiger partial charge in [0.1, 0.15) is 5.56 Å². The summed E-state index contributed by atoms with van der Waals surface area (Å²) in [6.45, 7) is 6.17. The van der Waals surface area contributed by atoms with Crippen LogP contribution in [0, 0.1) is 5.82 Å². The van der Waals surface area contributed by atoms with Crippen LogP contribution in [-0.4, -0.2) is 23.0 Å². The molecule has 0 bridgehead atoms. The Kier molecular flexibility index (Phi) is 4.61. The first kappa shape index (κ1) is 19.7. The van der Waals surface area contributed by atoms with Crippen LogP contribution in [0.1, 0.15) is 36.7 Å². The highest BCUT2D eigenvalue weighted by Gasteiger charge is 2.22. The van der Waals surface area contributed by atoms with Crippen molar-refractivity contribution in [2.24, 2.45) is 0 Å². The van der Waals surface area contributed by atoms with E-state index in [4.69, 9.17) is 4.74 Å². The Labute approximate surface area is 172 Å². The third-order valence-corrected chi connectivity index (χ3v) is 5.15. The van der Waals surface area contributed by atoms with Gasteiger partial charge in [-0.2, -0.15) is 0 Å². The number of methoxy groups -OCH3 is 1. The number of hydrogen-bond acceptors (Lipinski definition) is 3. The molecule has 4 rings (SSSR count). The van der Waals surface area contributed by atoms with Crippen molar-refractivity contribution in [2.45, 2.75) is 26.2 Å². The molecule has 0 atom stereocenters. The number of rotatable bonds is 3. The Balaban J connectivity index is 1.79. The van der Waals surface area contributed by atoms with E-state index in [1.54, 1.807) is 0 Å². The van der Waals surface area contributed by atoms with Crippen molar-refractivity contribution < 1.29 is 13.9 Å². The first-order valence-electron chi connectivity index (χ1n) is 9.51. The van der Waals surface area contributed by atoms with Gasteiger partial charge < -0.3 is 20.0 Å². The molecular formula is C23H22FN3O3. The number of halogens is 1. The number of benzene rings is 2. The van der Waals surface area contributed by atoms with Crippen molar-refractivity contribution in [1.29, 1.82) is 0 Å². The molecule has 2 aromatic carbocycles. The number of anilines is 1. The number of aromatic amines is 2. The molecule has 2 heterocycles. The van der Waals surface area contributed by atoms with E-state index in [2.05, 4.69) is 36.1 Å². The van der Waals surface area contributed by atoms with Crippen LogP contribution in [0.2, 0.25) is 0 Å². The highest BCUT2D eigenvalue weighted by Crippen LogP contribution is 2.33. The molecule has 0 unspecified atom stereocenters. The summed E-state index contributed by atoms with van der Waals surface area (Å²) in [5.41, 5.74) is 1.95. The second-order valence-electron chi connectivity index (χ2n) is 8.23. The Morgan fingerprint density at radius 2 is 1.87 bits per heavy atom. The molecule has 0 saturated heterocycles. The van der Waals surface area contributed by atoms with E-state index >= 15 is 0 Å². The zero-order chi connectivity index (χ0) is 21.6. The number of carbonyl (C=O) groups excluding carboxylic acids is 1. The fraction of sp³-hybridized carbons (Fsp3) is 0.217. The Morgan fingerprint density at radius 3 is 2.57 bits per heavy atom. The molecule has 0 aliphatic heterocycles. The maximum absolute atomic E-state index is 13.9. The lowest BCUT2D eigenvalue weighted by Gasteiger charge is -2.23. The van der Waals surface area contributed by atoms with Crippen LogP contribution in [0.15, 0.2) is 47.5 Å². The number of H-pyrrole nitrogens is 2. The average molecular weight is 407 g/mol. The van der Waals surface area contributed by atoms with Gasteiger partial charge in [0.15, 0.2) is 11.6 Å². The first-order chi connectivity index (χ1) is 14.2. The van der Waals surface area contributed by atoms with E-state index in [9.17, 15) is 14.0 Å². The molecule has 6 nitrogen and oxygen atoms in total. The predicted octanol–water partition coefficient (Wildman–Crippen LogP) is 4.71. The van der Waals surface area contributed by atoms with Crippen LogP contribution in [-0.2, 0) is 5.41 Å². The fourth-order valence-corrected chi connectivity index (χ4v) is 3.56. The minimum atomic E-state index is -0.591. The maximum Gasteiger partial charge on any atom is 0.261 e. The second kappa shape index (κ2) is 7.02. The molecule has 0 radical (unpaired) electrons. The van der Waals surface area contributed by atoms with Crippen LogP contribution in [0.4, 0.5) is 10.1 Å². The third-order valence-electron chi connectivity index (χ3n) is 5.15. The molecule has 30 heavy (non-hydrogen) atoms. The summed E-state index contributed by atoms with van der Waals surface area (Å²) in [5.74, 6) is -1.19. The van der Waals surface area contributed by atoms with E-state index in [0.717, 1.165) is 16.5 Å². The van der Waals surface area contributed by atoms with Crippen LogP contribution in [0.3, 0.4) is 0 Å². The van der Waals surface area contributed by atoms with Gasteiger partial charge >= 0.3 is 0 Å². The smallest absolute Gasteiger partial charge is 0.261 e. The molecule has 0 spiro atoms. The Hall–Kier alpha value is -3.61. The van der Waals surface area contributed by atoms with Gasteiger partial charge in [-0.1, -0.05) is 20.8 Å². The minimum absolute atomic E-state index is 0.0576. The lowest BCUT2D eigenvalue weighted by molar-refractivity contribution is 0.102. The van der Waals surface area contributed by atoms with Crippen molar-refractivity contribution in [3.05, 3.63) is 69.9 Å². The van der Waals surface area contributed by atoms with E-state index in [1.165, 1.54) is 25.4 Å². The summed E-state index contributed by atoms with van der Waals surface area (Å²) >= 11 is 0. The van der Waals surface area contributed by atoms with E-state index in [1.807, 2.05) is 24.4 Å². The molecule has 7 heteroatoms. The zero-order valence-electron chi connectivity index (χ0n) is 17.1. The number of ether oxygens (including phenoxy) is 1. The molecular weight excluding hydrogens is 385 g/mol. The molecule has 2 aromatic heterocycles. The average Bonchev–Trinajstić information content (AvgIpc) is 3.14. The maximum atomic E-state index is 13.9. The molecule has 154 valence electrons. The summed E-state index contributed by atoms with van der Waals surface area (Å²) < 4.78 is 18.9. The van der Waals surface area contributed by atoms with Crippen molar-refractivity contribution in [3.8, 4) is 5.75 Å². The summed E-state index contributed by atoms with van der Waals surface area (Å²) in [4.78, 5) is 31.9. The van der Waals surface area contributed by atoms with E-state index < -0.39 is 17.2 Å². The van der Waals surface area contributed by atoms with Gasteiger partial charge in [-0.3, -0.25) is 9.59 Å². The van der Waals surface area contributed by atoms with Crippen molar-refractivity contribution >= 4 is 33.4 Å². The zero-order valence-corrected chi connectivity index (χ0v) is 17.1. The molecule has 4 aromatic rings. The van der Waals surface area contributed by atoms with Gasteiger partial charge in [0, 0.05) is 29.7 Å². The van der Waals surface area contributed by atoms with Crippen molar-refractivity contribution in [2.75, 3.05) is 12.4 Å². The Bertz CT molecular complexity index is 1350. The van der Waals surface area contributed by atoms with Crippen molar-refractivity contribution in [3.63, 3.8) is 0 Å². The normalized spacial score (nSPS) is 11.8. The van der Waals surface area contributed by atoms with Crippen LogP contribution < -0.4 is 15.5 Å². The third kappa shape index (κ3) is 3.32. The summed E-state index contributed by atoms with van der Waals surface area (Å²) in [6, 6.07) is 8.33. The number of carbonyl (C=O) groups is 1. The molecule has 1 amide bonds. The molecule has 0 saturated carbocycles. The summed E-state index contributed by atoms with van der Waals surface area (Å²) in [6.07, 6.45) is 3.14. The van der Waals surface area contributed by atoms with Crippen LogP contribution in [0.5, 0.6) is 5.75 Å². The van der Waals surface area contributed by atoms with Gasteiger partial charge in [0.05, 0.1) is 18.0 Å². The SMILES string of the molecule is COc1cc2c(=O)c(C(=O)Nc3cc4[nH]ccc4cc3C(C)(C)C)c[nH]c2cc1F. The number of aromatic nitrogens is 2. The number of hydrogen-bond donors (Lipinski definition) is 3. The largest absolute Gasteiger partial charge is 0.494 e. The number of pyridine rings is 1. The first-order valence-corrected chi connectivity index (χ1v) is 9.51. The quantitative estimate of drug-likeness (QED) is 0.460. The minimum Gasteiger partial charge on any atom is -0.494 e. The van der Waals surface area contributed by atoms with Gasteiger partial charge in [-0.25, -0.2) is 4.39 Å². The highest BCUT2D eigenvalue weighted by atomic mass is 19.1. The summed E-state index contributed by atoms with van der Waals surface area (Å²) in [7, 11) is 1.32. The molecule has 3 N–H and O–H groups in total. The molecule has 0 fully saturated rings. The van der Waals surface area contributed by atoms with E-state index in [-0.39, 0.29) is 27.6 Å². The number of amides is 1. The lowest BCUT2D eigenvalue weighted by atomic mass is 9.85. The fourth-order valence-electron chi connectivity index (χ4n) is 3.56. The predicted molar refractivity (Wildman–Crippen MR) is 116 cm³/mol. The standard InChI is InChI=1S/C23H22FN3O3/c1-23(2,3)15-7-12-5-6-25-17(12)10-19(15)27-22(29)14-11-26-18-9-16(24)20(30-4)8-13(18)21(14)28/h5-11,25H,1-4H3,(H,26,28)(H,27,29). The van der Waals surface area contributed by atoms with Crippen LogP contribution in [0.25, 0.3) is 21.8 Å². The topological polar surface area (TPSA) is 87.0 Å². The van der Waals surface area contributed by atoms with Gasteiger partial charge in [-0.05, 0) is 40.6 Å². The van der Waals surface area contributed by atoms with Gasteiger partial charge in [-0.15, -0.1) is 0 Å². The Morgan fingerprint density at radius 1 is 1.10 bits per heavy atom. The van der Waals surface area contributed by atoms with E-state index in [0.29, 0.717) is 5.69 Å². The number of fused-ring (bicyclic) bond motifs is 2. The monoisotopic (exact) mass is 407 g/mol. The van der Waals surface area contributed by atoms with Gasteiger partial charge in [0.2, 0.25) is 5.43 Å².